The molecule has 2 N–H and O–H groups in total. The van der Waals surface area contributed by atoms with E-state index in [4.69, 9.17) is 0 Å². The fraction of sp³-hybridized carbons (Fsp3) is 0.778. The molecule has 3 aliphatic rings. The van der Waals surface area contributed by atoms with Gasteiger partial charge in [-0.1, -0.05) is 56.6 Å². The van der Waals surface area contributed by atoms with Crippen LogP contribution in [-0.4, -0.2) is 21.9 Å². The molecule has 0 radical (unpaired) electrons. The smallest absolute Gasteiger partial charge is 0.0591 e. The van der Waals surface area contributed by atoms with Crippen molar-refractivity contribution in [2.45, 2.75) is 110 Å². The Hall–Kier alpha value is -0.860. The molecule has 0 aromatic rings. The van der Waals surface area contributed by atoms with Gasteiger partial charge in [-0.05, 0) is 100 Å². The fourth-order valence-corrected chi connectivity index (χ4v) is 6.67. The Morgan fingerprint density at radius 2 is 1.97 bits per heavy atom. The highest BCUT2D eigenvalue weighted by atomic mass is 16.3. The number of hydrogen-bond donors (Lipinski definition) is 2. The summed E-state index contributed by atoms with van der Waals surface area (Å²) in [6.45, 7) is 13.1. The van der Waals surface area contributed by atoms with E-state index in [0.717, 1.165) is 49.9 Å². The maximum Gasteiger partial charge on any atom is 0.0591 e. The predicted molar refractivity (Wildman–Crippen MR) is 123 cm³/mol. The molecule has 0 spiro atoms. The van der Waals surface area contributed by atoms with Gasteiger partial charge < -0.3 is 10.2 Å². The van der Waals surface area contributed by atoms with E-state index in [9.17, 15) is 10.2 Å². The van der Waals surface area contributed by atoms with Crippen LogP contribution in [0.1, 0.15) is 98.3 Å². The molecule has 2 heteroatoms. The summed E-state index contributed by atoms with van der Waals surface area (Å²) < 4.78 is 0. The highest BCUT2D eigenvalue weighted by Gasteiger charge is 2.50. The van der Waals surface area contributed by atoms with Gasteiger partial charge in [0.05, 0.1) is 11.7 Å². The van der Waals surface area contributed by atoms with Gasteiger partial charge in [0, 0.05) is 0 Å². The average Bonchev–Trinajstić information content (AvgIpc) is 2.99. The minimum atomic E-state index is -0.535. The molecule has 29 heavy (non-hydrogen) atoms. The van der Waals surface area contributed by atoms with E-state index in [1.807, 2.05) is 13.8 Å². The molecular formula is C27H44O2. The van der Waals surface area contributed by atoms with Crippen LogP contribution in [-0.2, 0) is 0 Å². The number of hydrogen-bond acceptors (Lipinski definition) is 2. The van der Waals surface area contributed by atoms with Gasteiger partial charge in [0.25, 0.3) is 0 Å². The lowest BCUT2D eigenvalue weighted by Crippen LogP contribution is -2.36. The van der Waals surface area contributed by atoms with Crippen LogP contribution in [0, 0.1) is 23.2 Å². The first-order valence-electron chi connectivity index (χ1n) is 12.1. The molecule has 0 heterocycles. The van der Waals surface area contributed by atoms with E-state index in [-0.39, 0.29) is 6.10 Å². The van der Waals surface area contributed by atoms with E-state index < -0.39 is 5.60 Å². The molecule has 2 nitrogen and oxygen atoms in total. The highest BCUT2D eigenvalue weighted by Crippen LogP contribution is 2.60. The van der Waals surface area contributed by atoms with Crippen molar-refractivity contribution in [1.29, 1.82) is 0 Å². The summed E-state index contributed by atoms with van der Waals surface area (Å²) in [6, 6.07) is 0. The monoisotopic (exact) mass is 400 g/mol. The number of rotatable bonds is 6. The van der Waals surface area contributed by atoms with Gasteiger partial charge in [0.15, 0.2) is 0 Å². The SMILES string of the molecule is C=C1CC[C@H](O)C/C1=C\C=C1\CCCC2(C)C1CCC2C(C)CCCC(C)(C)O. The Morgan fingerprint density at radius 3 is 2.69 bits per heavy atom. The third-order valence-corrected chi connectivity index (χ3v) is 8.36. The molecule has 4 unspecified atom stereocenters. The maximum atomic E-state index is 10.0. The van der Waals surface area contributed by atoms with Gasteiger partial charge in [0.2, 0.25) is 0 Å². The number of allylic oxidation sites excluding steroid dienone is 4. The first-order chi connectivity index (χ1) is 13.6. The van der Waals surface area contributed by atoms with Gasteiger partial charge in [-0.25, -0.2) is 0 Å². The van der Waals surface area contributed by atoms with Crippen molar-refractivity contribution in [2.75, 3.05) is 0 Å². The molecule has 0 aromatic carbocycles. The molecule has 3 fully saturated rings. The van der Waals surface area contributed by atoms with E-state index in [2.05, 4.69) is 32.6 Å². The van der Waals surface area contributed by atoms with Crippen LogP contribution in [0.4, 0.5) is 0 Å². The molecule has 3 aliphatic carbocycles. The van der Waals surface area contributed by atoms with Crippen molar-refractivity contribution < 1.29 is 10.2 Å². The van der Waals surface area contributed by atoms with Gasteiger partial charge in [0.1, 0.15) is 0 Å². The van der Waals surface area contributed by atoms with Gasteiger partial charge >= 0.3 is 0 Å². The van der Waals surface area contributed by atoms with Crippen LogP contribution >= 0.6 is 0 Å². The minimum absolute atomic E-state index is 0.192. The molecular weight excluding hydrogens is 356 g/mol. The Bertz CT molecular complexity index is 650. The lowest BCUT2D eigenvalue weighted by atomic mass is 9.60. The summed E-state index contributed by atoms with van der Waals surface area (Å²) in [5, 5.41) is 20.1. The lowest BCUT2D eigenvalue weighted by molar-refractivity contribution is 0.0596. The third kappa shape index (κ3) is 5.44. The van der Waals surface area contributed by atoms with Crippen molar-refractivity contribution in [2.24, 2.45) is 23.2 Å². The summed E-state index contributed by atoms with van der Waals surface area (Å²) in [7, 11) is 0. The Labute approximate surface area is 179 Å². The number of fused-ring (bicyclic) bond motifs is 1. The lowest BCUT2D eigenvalue weighted by Gasteiger charge is -2.44. The largest absolute Gasteiger partial charge is 0.393 e. The summed E-state index contributed by atoms with van der Waals surface area (Å²) in [6.07, 6.45) is 16.9. The second kappa shape index (κ2) is 9.10. The van der Waals surface area contributed by atoms with Crippen molar-refractivity contribution in [3.8, 4) is 0 Å². The van der Waals surface area contributed by atoms with Crippen molar-refractivity contribution in [1.82, 2.24) is 0 Å². The summed E-state index contributed by atoms with van der Waals surface area (Å²) >= 11 is 0. The second-order valence-corrected chi connectivity index (χ2v) is 11.2. The average molecular weight is 401 g/mol. The molecule has 164 valence electrons. The van der Waals surface area contributed by atoms with Crippen LogP contribution < -0.4 is 0 Å². The molecule has 0 aromatic heterocycles. The van der Waals surface area contributed by atoms with E-state index >= 15 is 0 Å². The Kier molecular flexibility index (Phi) is 7.16. The zero-order valence-corrected chi connectivity index (χ0v) is 19.3. The molecule has 0 bridgehead atoms. The van der Waals surface area contributed by atoms with Crippen LogP contribution in [0.5, 0.6) is 0 Å². The number of aliphatic hydroxyl groups excluding tert-OH is 1. The summed E-state index contributed by atoms with van der Waals surface area (Å²) in [4.78, 5) is 0. The van der Waals surface area contributed by atoms with Crippen molar-refractivity contribution in [3.63, 3.8) is 0 Å². The van der Waals surface area contributed by atoms with Gasteiger partial charge in [-0.3, -0.25) is 0 Å². The van der Waals surface area contributed by atoms with E-state index in [1.165, 1.54) is 49.7 Å². The van der Waals surface area contributed by atoms with Crippen molar-refractivity contribution >= 4 is 0 Å². The van der Waals surface area contributed by atoms with E-state index in [0.29, 0.717) is 5.41 Å². The summed E-state index contributed by atoms with van der Waals surface area (Å²) in [5.41, 5.74) is 4.02. The fourth-order valence-electron chi connectivity index (χ4n) is 6.67. The molecule has 0 saturated heterocycles. The van der Waals surface area contributed by atoms with Gasteiger partial charge in [-0.2, -0.15) is 0 Å². The van der Waals surface area contributed by atoms with Crippen LogP contribution in [0.2, 0.25) is 0 Å². The van der Waals surface area contributed by atoms with Crippen LogP contribution in [0.15, 0.2) is 35.5 Å². The quantitative estimate of drug-likeness (QED) is 0.518. The first kappa shape index (κ1) is 22.8. The Balaban J connectivity index is 1.68. The van der Waals surface area contributed by atoms with E-state index in [1.54, 1.807) is 5.57 Å². The first-order valence-corrected chi connectivity index (χ1v) is 12.1. The van der Waals surface area contributed by atoms with Crippen LogP contribution in [0.3, 0.4) is 0 Å². The number of aliphatic hydroxyl groups is 2. The Morgan fingerprint density at radius 1 is 1.21 bits per heavy atom. The topological polar surface area (TPSA) is 40.5 Å². The molecule has 0 aliphatic heterocycles. The molecule has 3 rings (SSSR count). The third-order valence-electron chi connectivity index (χ3n) is 8.36. The normalized spacial score (nSPS) is 37.2. The van der Waals surface area contributed by atoms with Crippen molar-refractivity contribution in [3.05, 3.63) is 35.5 Å². The maximum absolute atomic E-state index is 10.0. The highest BCUT2D eigenvalue weighted by molar-refractivity contribution is 5.36. The second-order valence-electron chi connectivity index (χ2n) is 11.2. The van der Waals surface area contributed by atoms with Gasteiger partial charge in [-0.15, -0.1) is 0 Å². The molecule has 3 saturated carbocycles. The minimum Gasteiger partial charge on any atom is -0.393 e. The zero-order chi connectivity index (χ0) is 21.2. The van der Waals surface area contributed by atoms with Crippen LogP contribution in [0.25, 0.3) is 0 Å². The standard InChI is InChI=1S/C27H44O2/c1-19-10-13-23(28)18-22(19)12-11-21-9-7-17-27(5)24(14-15-25(21)27)20(2)8-6-16-26(3,4)29/h11-12,20,23-25,28-29H,1,6-10,13-18H2,2-5H3/b21-11-,22-12+/t20?,23-,24?,25?,27?/m0/s1. The summed E-state index contributed by atoms with van der Waals surface area (Å²) in [5.74, 6) is 2.26. The zero-order valence-electron chi connectivity index (χ0n) is 19.3. The molecule has 0 amide bonds. The predicted octanol–water partition coefficient (Wildman–Crippen LogP) is 6.73. The molecule has 5 atom stereocenters.